The summed E-state index contributed by atoms with van der Waals surface area (Å²) in [5, 5.41) is 18.2. The molecule has 2 atom stereocenters. The Bertz CT molecular complexity index is 946. The molecule has 0 aromatic heterocycles. The third kappa shape index (κ3) is 4.72. The Morgan fingerprint density at radius 3 is 2.56 bits per heavy atom. The maximum absolute atomic E-state index is 9.30. The van der Waals surface area contributed by atoms with E-state index >= 15 is 0 Å². The predicted octanol–water partition coefficient (Wildman–Crippen LogP) is 5.38. The van der Waals surface area contributed by atoms with E-state index in [2.05, 4.69) is 43.1 Å². The van der Waals surface area contributed by atoms with E-state index in [9.17, 15) is 5.26 Å². The van der Waals surface area contributed by atoms with Gasteiger partial charge in [0.2, 0.25) is 0 Å². The summed E-state index contributed by atoms with van der Waals surface area (Å²) in [4.78, 5) is 0. The number of hydrogen-bond acceptors (Lipinski definition) is 3. The first-order valence-electron chi connectivity index (χ1n) is 8.98. The van der Waals surface area contributed by atoms with Gasteiger partial charge < -0.3 is 4.74 Å². The van der Waals surface area contributed by atoms with Gasteiger partial charge in [-0.05, 0) is 53.0 Å². The molecule has 0 fully saturated rings. The number of ether oxygens (including phenoxy) is 1. The van der Waals surface area contributed by atoms with Crippen molar-refractivity contribution in [2.45, 2.75) is 26.1 Å². The van der Waals surface area contributed by atoms with Crippen molar-refractivity contribution in [2.75, 3.05) is 6.16 Å². The largest absolute Gasteiger partial charge is 0.364 e. The van der Waals surface area contributed by atoms with Crippen molar-refractivity contribution < 1.29 is 4.74 Å². The van der Waals surface area contributed by atoms with Gasteiger partial charge in [-0.15, -0.1) is 0 Å². The van der Waals surface area contributed by atoms with Gasteiger partial charge >= 0.3 is 0 Å². The first-order valence-corrected chi connectivity index (χ1v) is 10.3. The van der Waals surface area contributed by atoms with Gasteiger partial charge in [-0.2, -0.15) is 10.5 Å². The molecular weight excluding hydrogens is 351 g/mol. The molecule has 2 aromatic rings. The topological polar surface area (TPSA) is 56.8 Å². The second kappa shape index (κ2) is 9.29. The smallest absolute Gasteiger partial charge is 0.108 e. The van der Waals surface area contributed by atoms with Crippen molar-refractivity contribution >= 4 is 8.58 Å². The van der Waals surface area contributed by atoms with Crippen molar-refractivity contribution in [1.29, 1.82) is 10.5 Å². The van der Waals surface area contributed by atoms with Crippen molar-refractivity contribution in [3.63, 3.8) is 0 Å². The average Bonchev–Trinajstić information content (AvgIpc) is 2.75. The third-order valence-electron chi connectivity index (χ3n) is 4.55. The number of rotatable bonds is 6. The lowest BCUT2D eigenvalue weighted by molar-refractivity contribution is 0.0663. The quantitative estimate of drug-likeness (QED) is 0.640. The van der Waals surface area contributed by atoms with Gasteiger partial charge in [0.15, 0.2) is 0 Å². The summed E-state index contributed by atoms with van der Waals surface area (Å²) < 4.78 is 6.32. The predicted molar refractivity (Wildman–Crippen MR) is 110 cm³/mol. The summed E-state index contributed by atoms with van der Waals surface area (Å²) in [5.74, 6) is 2.26. The molecule has 3 nitrogen and oxygen atoms in total. The molecule has 0 bridgehead atoms. The molecular formula is C23H21N2OP. The molecule has 134 valence electrons. The molecule has 0 saturated carbocycles. The lowest BCUT2D eigenvalue weighted by atomic mass is 9.96. The van der Waals surface area contributed by atoms with Crippen LogP contribution in [0.25, 0.3) is 0 Å². The molecule has 0 radical (unpaired) electrons. The first kappa shape index (κ1) is 19.1. The Balaban J connectivity index is 1.87. The molecule has 1 aliphatic heterocycles. The molecule has 27 heavy (non-hydrogen) atoms. The van der Waals surface area contributed by atoms with Crippen molar-refractivity contribution in [3.8, 4) is 12.1 Å². The van der Waals surface area contributed by atoms with Gasteiger partial charge in [-0.3, -0.25) is 0 Å². The van der Waals surface area contributed by atoms with E-state index < -0.39 is 0 Å². The molecule has 0 saturated heterocycles. The highest BCUT2D eigenvalue weighted by Crippen LogP contribution is 2.34. The molecule has 1 aliphatic rings. The highest BCUT2D eigenvalue weighted by atomic mass is 31.1. The summed E-state index contributed by atoms with van der Waals surface area (Å²) in [6.07, 6.45) is 6.07. The Morgan fingerprint density at radius 1 is 1.11 bits per heavy atom. The van der Waals surface area contributed by atoms with E-state index in [0.717, 1.165) is 43.4 Å². The number of allylic oxidation sites excluding steroid dienone is 1. The molecule has 1 heterocycles. The molecule has 0 amide bonds. The van der Waals surface area contributed by atoms with Crippen LogP contribution in [-0.4, -0.2) is 6.16 Å². The lowest BCUT2D eigenvalue weighted by Gasteiger charge is -2.22. The first-order chi connectivity index (χ1) is 13.2. The molecule has 0 N–H and O–H groups in total. The summed E-state index contributed by atoms with van der Waals surface area (Å²) in [7, 11) is 0.767. The van der Waals surface area contributed by atoms with Gasteiger partial charge in [-0.1, -0.05) is 57.7 Å². The molecule has 2 aromatic carbocycles. The fourth-order valence-corrected chi connectivity index (χ4v) is 3.92. The fourth-order valence-electron chi connectivity index (χ4n) is 3.07. The zero-order valence-corrected chi connectivity index (χ0v) is 16.3. The Labute approximate surface area is 162 Å². The summed E-state index contributed by atoms with van der Waals surface area (Å²) in [6, 6.07) is 17.9. The van der Waals surface area contributed by atoms with Crippen LogP contribution in [0.5, 0.6) is 0 Å². The number of nitrogens with zero attached hydrogens (tertiary/aromatic N) is 2. The molecule has 4 heteroatoms. The van der Waals surface area contributed by atoms with Crippen LogP contribution in [0.3, 0.4) is 0 Å². The molecule has 3 rings (SSSR count). The highest BCUT2D eigenvalue weighted by Gasteiger charge is 2.18. The van der Waals surface area contributed by atoms with Crippen molar-refractivity contribution in [1.82, 2.24) is 0 Å². The minimum absolute atomic E-state index is 0.164. The van der Waals surface area contributed by atoms with Crippen LogP contribution in [0.1, 0.15) is 40.8 Å². The maximum Gasteiger partial charge on any atom is 0.108 e. The van der Waals surface area contributed by atoms with Crippen LogP contribution in [-0.2, 0) is 17.8 Å². The number of nitriles is 2. The van der Waals surface area contributed by atoms with Crippen LogP contribution in [0.15, 0.2) is 66.0 Å². The van der Waals surface area contributed by atoms with Crippen LogP contribution in [0.4, 0.5) is 0 Å². The van der Waals surface area contributed by atoms with Gasteiger partial charge in [0, 0.05) is 0 Å². The maximum atomic E-state index is 9.30. The Hall–Kier alpha value is -2.71. The van der Waals surface area contributed by atoms with Crippen molar-refractivity contribution in [3.05, 3.63) is 93.8 Å². The monoisotopic (exact) mass is 372 g/mol. The van der Waals surface area contributed by atoms with E-state index in [4.69, 9.17) is 10.00 Å². The van der Waals surface area contributed by atoms with Gasteiger partial charge in [0.25, 0.3) is 0 Å². The van der Waals surface area contributed by atoms with E-state index in [-0.39, 0.29) is 6.10 Å². The van der Waals surface area contributed by atoms with Gasteiger partial charge in [0.05, 0.1) is 29.9 Å². The standard InChI is InChI=1S/C23H21N2OP/c1-2-19-12-20(9-10-21(19)14-25)23(22-4-3-11-27-16-22)26-15-18-7-5-17(13-24)6-8-18/h3-10,12,16,23,27H,2,11,15H2,1H3. The molecule has 2 unspecified atom stereocenters. The normalized spacial score (nSPS) is 15.0. The zero-order valence-electron chi connectivity index (χ0n) is 15.3. The van der Waals surface area contributed by atoms with E-state index in [1.165, 1.54) is 5.57 Å². The Morgan fingerprint density at radius 2 is 1.93 bits per heavy atom. The fraction of sp³-hybridized carbons (Fsp3) is 0.217. The minimum Gasteiger partial charge on any atom is -0.364 e. The van der Waals surface area contributed by atoms with E-state index in [0.29, 0.717) is 12.2 Å². The number of benzene rings is 2. The van der Waals surface area contributed by atoms with Crippen LogP contribution < -0.4 is 0 Å². The van der Waals surface area contributed by atoms with Gasteiger partial charge in [-0.25, -0.2) is 0 Å². The number of aryl methyl sites for hydroxylation is 1. The van der Waals surface area contributed by atoms with Crippen molar-refractivity contribution in [2.24, 2.45) is 0 Å². The third-order valence-corrected chi connectivity index (χ3v) is 5.56. The highest BCUT2D eigenvalue weighted by molar-refractivity contribution is 7.42. The number of hydrogen-bond donors (Lipinski definition) is 0. The van der Waals surface area contributed by atoms with Crippen LogP contribution in [0.2, 0.25) is 0 Å². The molecule has 0 aliphatic carbocycles. The lowest BCUT2D eigenvalue weighted by Crippen LogP contribution is -2.09. The minimum atomic E-state index is -0.164. The van der Waals surface area contributed by atoms with Gasteiger partial charge in [0.1, 0.15) is 6.10 Å². The van der Waals surface area contributed by atoms with Crippen LogP contribution >= 0.6 is 8.58 Å². The van der Waals surface area contributed by atoms with Crippen LogP contribution in [0, 0.1) is 22.7 Å². The van der Waals surface area contributed by atoms with E-state index in [1.54, 1.807) is 0 Å². The summed E-state index contributed by atoms with van der Waals surface area (Å²) >= 11 is 0. The Kier molecular flexibility index (Phi) is 6.56. The second-order valence-electron chi connectivity index (χ2n) is 6.34. The SMILES string of the molecule is CCc1cc(C(OCc2ccc(C#N)cc2)C2=CPCC=C2)ccc1C#N. The summed E-state index contributed by atoms with van der Waals surface area (Å²) in [6.45, 7) is 2.53. The van der Waals surface area contributed by atoms with E-state index in [1.807, 2.05) is 36.4 Å². The average molecular weight is 372 g/mol. The summed E-state index contributed by atoms with van der Waals surface area (Å²) in [5.41, 5.74) is 5.69. The second-order valence-corrected chi connectivity index (χ2v) is 7.44. The zero-order chi connectivity index (χ0) is 19.1. The molecule has 0 spiro atoms.